The van der Waals surface area contributed by atoms with Gasteiger partial charge in [0.15, 0.2) is 13.6 Å². The van der Waals surface area contributed by atoms with Crippen molar-refractivity contribution in [2.45, 2.75) is 6.92 Å². The summed E-state index contributed by atoms with van der Waals surface area (Å²) in [6.07, 6.45) is -2.61. The Kier molecular flexibility index (Phi) is 7.88. The number of methoxy groups -OCH3 is 2. The lowest BCUT2D eigenvalue weighted by molar-refractivity contribution is 0.0518. The third-order valence-corrected chi connectivity index (χ3v) is 7.47. The van der Waals surface area contributed by atoms with E-state index in [0.717, 1.165) is 10.6 Å². The number of rotatable bonds is 10. The van der Waals surface area contributed by atoms with Gasteiger partial charge in [-0.05, 0) is 31.2 Å². The van der Waals surface area contributed by atoms with Crippen molar-refractivity contribution in [2.24, 2.45) is 0 Å². The average Bonchev–Trinajstić information content (AvgIpc) is 2.65. The summed E-state index contributed by atoms with van der Waals surface area (Å²) in [6.45, 7) is 2.69. The van der Waals surface area contributed by atoms with E-state index >= 15 is 0 Å². The Morgan fingerprint density at radius 3 is 1.64 bits per heavy atom. The van der Waals surface area contributed by atoms with E-state index in [-0.39, 0.29) is 13.6 Å². The van der Waals surface area contributed by atoms with Crippen molar-refractivity contribution >= 4 is 28.7 Å². The summed E-state index contributed by atoms with van der Waals surface area (Å²) in [6, 6.07) is 15.3. The van der Waals surface area contributed by atoms with Crippen molar-refractivity contribution in [1.29, 1.82) is 0 Å². The highest BCUT2D eigenvalue weighted by Crippen LogP contribution is 2.49. The Morgan fingerprint density at radius 2 is 1.24 bits per heavy atom. The van der Waals surface area contributed by atoms with Crippen molar-refractivity contribution in [1.82, 2.24) is 0 Å². The molecule has 25 heavy (non-hydrogen) atoms. The van der Waals surface area contributed by atoms with E-state index in [4.69, 9.17) is 35.3 Å². The Morgan fingerprint density at radius 1 is 0.800 bits per heavy atom. The molecule has 2 aromatic carbocycles. The number of ether oxygens (including phenoxy) is 4. The summed E-state index contributed by atoms with van der Waals surface area (Å²) in [7, 11) is 3.16. The van der Waals surface area contributed by atoms with E-state index in [2.05, 4.69) is 0 Å². The molecule has 136 valence electrons. The minimum atomic E-state index is -2.61. The summed E-state index contributed by atoms with van der Waals surface area (Å²) < 4.78 is 27.6. The molecule has 0 atom stereocenters. The molecule has 0 unspecified atom stereocenters. The summed E-state index contributed by atoms with van der Waals surface area (Å²) >= 11 is 6.06. The molecule has 0 fully saturated rings. The van der Waals surface area contributed by atoms with E-state index in [9.17, 15) is 0 Å². The van der Waals surface area contributed by atoms with Crippen molar-refractivity contribution in [2.75, 3.05) is 34.4 Å². The molecule has 0 aliphatic rings. The zero-order chi connectivity index (χ0) is 18.1. The van der Waals surface area contributed by atoms with Crippen LogP contribution in [-0.4, -0.2) is 34.4 Å². The van der Waals surface area contributed by atoms with Gasteiger partial charge in [0.25, 0.3) is 0 Å². The lowest BCUT2D eigenvalue weighted by Crippen LogP contribution is -2.22. The van der Waals surface area contributed by atoms with Gasteiger partial charge >= 0.3 is 0 Å². The number of para-hydroxylation sites is 2. The molecule has 2 aromatic rings. The molecule has 0 saturated heterocycles. The van der Waals surface area contributed by atoms with Gasteiger partial charge < -0.3 is 23.5 Å². The predicted molar refractivity (Wildman–Crippen MR) is 103 cm³/mol. The van der Waals surface area contributed by atoms with Crippen LogP contribution in [0.25, 0.3) is 0 Å². The first-order valence-corrected chi connectivity index (χ1v) is 10.6. The molecule has 0 N–H and O–H groups in total. The molecule has 7 heteroatoms. The number of hydrogen-bond acceptors (Lipinski definition) is 6. The quantitative estimate of drug-likeness (QED) is 0.465. The van der Waals surface area contributed by atoms with Crippen molar-refractivity contribution in [3.8, 4) is 11.5 Å². The van der Waals surface area contributed by atoms with Crippen LogP contribution in [0.3, 0.4) is 0 Å². The maximum atomic E-state index is 6.13. The van der Waals surface area contributed by atoms with Crippen LogP contribution in [0.4, 0.5) is 0 Å². The van der Waals surface area contributed by atoms with E-state index < -0.39 is 6.26 Å². The monoisotopic (exact) mass is 382 g/mol. The van der Waals surface area contributed by atoms with E-state index in [1.54, 1.807) is 14.2 Å². The molecule has 0 aliphatic heterocycles. The van der Waals surface area contributed by atoms with Crippen LogP contribution < -0.4 is 20.1 Å². The van der Waals surface area contributed by atoms with Crippen LogP contribution in [0.5, 0.6) is 11.5 Å². The van der Waals surface area contributed by atoms with Crippen molar-refractivity contribution < 1.29 is 23.5 Å². The van der Waals surface area contributed by atoms with E-state index in [1.807, 2.05) is 55.5 Å². The molecule has 0 bridgehead atoms. The van der Waals surface area contributed by atoms with Gasteiger partial charge in [-0.2, -0.15) is 0 Å². The molecule has 0 heterocycles. The molecule has 0 amide bonds. The van der Waals surface area contributed by atoms with Gasteiger partial charge in [-0.15, -0.1) is 0 Å². The number of hydrogen-bond donors (Lipinski definition) is 0. The summed E-state index contributed by atoms with van der Waals surface area (Å²) in [4.78, 5) is 0. The van der Waals surface area contributed by atoms with Crippen LogP contribution in [0.15, 0.2) is 48.5 Å². The van der Waals surface area contributed by atoms with Gasteiger partial charge in [-0.25, -0.2) is 0 Å². The lowest BCUT2D eigenvalue weighted by Gasteiger charge is -2.26. The molecule has 0 aliphatic carbocycles. The van der Waals surface area contributed by atoms with Gasteiger partial charge in [0.1, 0.15) is 17.8 Å². The first kappa shape index (κ1) is 19.9. The smallest absolute Gasteiger partial charge is 0.188 e. The standard InChI is InChI=1S/C18H23O5PS/c1-4-23-24(25,17-11-7-5-9-15(17)21-13-19-2)18-12-8-6-10-16(18)22-14-20-3/h5-12H,4,13-14H2,1-3H3. The van der Waals surface area contributed by atoms with Crippen LogP contribution >= 0.6 is 6.26 Å². The van der Waals surface area contributed by atoms with E-state index in [1.165, 1.54) is 0 Å². The Hall–Kier alpha value is -1.43. The molecular weight excluding hydrogens is 359 g/mol. The fraction of sp³-hybridized carbons (Fsp3) is 0.333. The minimum Gasteiger partial charge on any atom is -0.467 e. The van der Waals surface area contributed by atoms with Gasteiger partial charge in [0, 0.05) is 20.8 Å². The van der Waals surface area contributed by atoms with Crippen LogP contribution in [0.2, 0.25) is 0 Å². The Labute approximate surface area is 153 Å². The summed E-state index contributed by atoms with van der Waals surface area (Å²) in [5.41, 5.74) is 0. The molecule has 2 rings (SSSR count). The fourth-order valence-corrected chi connectivity index (χ4v) is 5.89. The maximum Gasteiger partial charge on any atom is 0.188 e. The zero-order valence-corrected chi connectivity index (χ0v) is 16.3. The van der Waals surface area contributed by atoms with Gasteiger partial charge in [-0.3, -0.25) is 0 Å². The predicted octanol–water partition coefficient (Wildman–Crippen LogP) is 3.03. The van der Waals surface area contributed by atoms with E-state index in [0.29, 0.717) is 18.1 Å². The molecule has 0 saturated carbocycles. The summed E-state index contributed by atoms with van der Waals surface area (Å²) in [5, 5.41) is 1.66. The lowest BCUT2D eigenvalue weighted by atomic mass is 10.3. The van der Waals surface area contributed by atoms with Crippen LogP contribution in [0.1, 0.15) is 6.92 Å². The highest BCUT2D eigenvalue weighted by atomic mass is 32.4. The maximum absolute atomic E-state index is 6.13. The Bertz CT molecular complexity index is 667. The zero-order valence-electron chi connectivity index (χ0n) is 14.6. The van der Waals surface area contributed by atoms with Crippen molar-refractivity contribution in [3.05, 3.63) is 48.5 Å². The molecular formula is C18H23O5PS. The molecule has 0 spiro atoms. The fourth-order valence-electron chi connectivity index (χ4n) is 2.34. The largest absolute Gasteiger partial charge is 0.467 e. The second-order valence-electron chi connectivity index (χ2n) is 5.01. The SMILES string of the molecule is CCOP(=S)(c1ccccc1OCOC)c1ccccc1OCOC. The molecule has 0 radical (unpaired) electrons. The topological polar surface area (TPSA) is 46.2 Å². The first-order valence-electron chi connectivity index (χ1n) is 7.84. The Balaban J connectivity index is 2.55. The van der Waals surface area contributed by atoms with Gasteiger partial charge in [0.05, 0.1) is 10.6 Å². The molecule has 5 nitrogen and oxygen atoms in total. The normalized spacial score (nSPS) is 11.3. The van der Waals surface area contributed by atoms with Gasteiger partial charge in [0.2, 0.25) is 0 Å². The molecule has 0 aromatic heterocycles. The van der Waals surface area contributed by atoms with Crippen LogP contribution in [0, 0.1) is 0 Å². The highest BCUT2D eigenvalue weighted by molar-refractivity contribution is 8.19. The third kappa shape index (κ3) is 4.81. The third-order valence-electron chi connectivity index (χ3n) is 3.34. The highest BCUT2D eigenvalue weighted by Gasteiger charge is 2.29. The second kappa shape index (κ2) is 9.90. The van der Waals surface area contributed by atoms with Gasteiger partial charge in [-0.1, -0.05) is 36.1 Å². The second-order valence-corrected chi connectivity index (χ2v) is 8.87. The van der Waals surface area contributed by atoms with Crippen molar-refractivity contribution in [3.63, 3.8) is 0 Å². The average molecular weight is 382 g/mol. The van der Waals surface area contributed by atoms with Crippen LogP contribution in [-0.2, 0) is 25.8 Å². The minimum absolute atomic E-state index is 0.139. The first-order chi connectivity index (χ1) is 12.2. The number of benzene rings is 2. The summed E-state index contributed by atoms with van der Waals surface area (Å²) in [5.74, 6) is 1.31.